The average molecular weight is 774 g/mol. The van der Waals surface area contributed by atoms with Gasteiger partial charge in [0, 0.05) is 44.8 Å². The number of aliphatic hydroxyl groups is 4. The Labute approximate surface area is 320 Å². The molecule has 54 heavy (non-hydrogen) atoms. The SMILES string of the molecule is CC[C@H]1OC(=O)C=C(O)[C@H](C)[C@@H](OC2OC(C)C(O)C(N(C)C)C2O)[C@@H](CC=O)C[C@@H](C)C(=O)CCC(C)C[C@@H]1COC1OC(C)C(O)C(OC)C1OC. The van der Waals surface area contributed by atoms with Crippen LogP contribution in [0.5, 0.6) is 0 Å². The van der Waals surface area contributed by atoms with Gasteiger partial charge in [0.15, 0.2) is 12.6 Å². The summed E-state index contributed by atoms with van der Waals surface area (Å²) < 4.78 is 41.7. The van der Waals surface area contributed by atoms with Gasteiger partial charge >= 0.3 is 5.97 Å². The molecule has 3 aliphatic rings. The van der Waals surface area contributed by atoms with Crippen LogP contribution in [0.15, 0.2) is 11.8 Å². The molecule has 2 fully saturated rings. The molecule has 3 rings (SSSR count). The van der Waals surface area contributed by atoms with Gasteiger partial charge in [-0.25, -0.2) is 4.79 Å². The van der Waals surface area contributed by atoms with Crippen LogP contribution < -0.4 is 0 Å². The summed E-state index contributed by atoms with van der Waals surface area (Å²) in [5, 5.41) is 44.1. The fraction of sp³-hybridized carbons (Fsp3) is 0.872. The summed E-state index contributed by atoms with van der Waals surface area (Å²) in [6.07, 6.45) is -6.02. The van der Waals surface area contributed by atoms with Gasteiger partial charge < -0.3 is 63.3 Å². The molecule has 0 bridgehead atoms. The smallest absolute Gasteiger partial charge is 0.334 e. The average Bonchev–Trinajstić information content (AvgIpc) is 3.12. The third-order valence-electron chi connectivity index (χ3n) is 11.6. The Morgan fingerprint density at radius 1 is 0.870 bits per heavy atom. The molecular formula is C39H67NO14. The van der Waals surface area contributed by atoms with E-state index in [1.807, 2.05) is 13.8 Å². The molecule has 15 nitrogen and oxygen atoms in total. The highest BCUT2D eigenvalue weighted by atomic mass is 16.7. The van der Waals surface area contributed by atoms with Gasteiger partial charge in [-0.15, -0.1) is 0 Å². The largest absolute Gasteiger partial charge is 0.512 e. The van der Waals surface area contributed by atoms with Crippen molar-refractivity contribution in [1.82, 2.24) is 4.90 Å². The first-order valence-corrected chi connectivity index (χ1v) is 19.4. The Morgan fingerprint density at radius 2 is 1.50 bits per heavy atom. The van der Waals surface area contributed by atoms with Crippen LogP contribution in [0.3, 0.4) is 0 Å². The van der Waals surface area contributed by atoms with Crippen LogP contribution in [0, 0.1) is 29.6 Å². The minimum Gasteiger partial charge on any atom is -0.512 e. The van der Waals surface area contributed by atoms with Crippen LogP contribution in [-0.2, 0) is 47.5 Å². The number of ketones is 1. The van der Waals surface area contributed by atoms with Crippen LogP contribution in [-0.4, -0.2) is 152 Å². The van der Waals surface area contributed by atoms with Gasteiger partial charge in [-0.3, -0.25) is 4.79 Å². The highest BCUT2D eigenvalue weighted by Gasteiger charge is 2.48. The number of Topliss-reactive ketones (excluding diaryl/α,β-unsaturated/α-hetero) is 1. The van der Waals surface area contributed by atoms with Crippen molar-refractivity contribution in [3.05, 3.63) is 11.8 Å². The van der Waals surface area contributed by atoms with Crippen molar-refractivity contribution in [3.63, 3.8) is 0 Å². The summed E-state index contributed by atoms with van der Waals surface area (Å²) in [4.78, 5) is 40.8. The molecule has 312 valence electrons. The lowest BCUT2D eigenvalue weighted by Gasteiger charge is -2.46. The predicted octanol–water partition coefficient (Wildman–Crippen LogP) is 2.56. The van der Waals surface area contributed by atoms with Crippen LogP contribution in [0.2, 0.25) is 0 Å². The van der Waals surface area contributed by atoms with Gasteiger partial charge in [-0.1, -0.05) is 27.7 Å². The van der Waals surface area contributed by atoms with Gasteiger partial charge in [0.1, 0.15) is 48.3 Å². The summed E-state index contributed by atoms with van der Waals surface area (Å²) in [6.45, 7) is 10.8. The van der Waals surface area contributed by atoms with Crippen LogP contribution in [0.1, 0.15) is 80.1 Å². The van der Waals surface area contributed by atoms with Crippen LogP contribution >= 0.6 is 0 Å². The summed E-state index contributed by atoms with van der Waals surface area (Å²) in [7, 11) is 6.39. The van der Waals surface area contributed by atoms with Crippen molar-refractivity contribution in [3.8, 4) is 0 Å². The third-order valence-corrected chi connectivity index (χ3v) is 11.6. The van der Waals surface area contributed by atoms with Gasteiger partial charge in [0.05, 0.1) is 43.1 Å². The molecule has 0 aromatic rings. The number of cyclic esters (lactones) is 1. The maximum Gasteiger partial charge on any atom is 0.334 e. The van der Waals surface area contributed by atoms with Crippen molar-refractivity contribution in [2.24, 2.45) is 29.6 Å². The first-order valence-electron chi connectivity index (χ1n) is 19.4. The number of ether oxygens (including phenoxy) is 7. The Hall–Kier alpha value is -2.05. The molecule has 0 aromatic heterocycles. The van der Waals surface area contributed by atoms with Crippen molar-refractivity contribution < 1.29 is 68.0 Å². The first-order chi connectivity index (χ1) is 25.5. The van der Waals surface area contributed by atoms with E-state index in [0.717, 1.165) is 12.4 Å². The van der Waals surface area contributed by atoms with E-state index in [1.54, 1.807) is 46.7 Å². The zero-order valence-electron chi connectivity index (χ0n) is 33.7. The Morgan fingerprint density at radius 3 is 2.09 bits per heavy atom. The number of rotatable bonds is 11. The molecule has 2 saturated heterocycles. The molecule has 3 heterocycles. The van der Waals surface area contributed by atoms with Gasteiger partial charge in [0.25, 0.3) is 0 Å². The lowest BCUT2D eigenvalue weighted by Crippen LogP contribution is -2.63. The van der Waals surface area contributed by atoms with Gasteiger partial charge in [0.2, 0.25) is 0 Å². The first kappa shape index (κ1) is 46.3. The molecule has 0 aromatic carbocycles. The molecular weight excluding hydrogens is 706 g/mol. The number of aliphatic hydroxyl groups excluding tert-OH is 4. The third kappa shape index (κ3) is 11.7. The van der Waals surface area contributed by atoms with Crippen LogP contribution in [0.25, 0.3) is 0 Å². The van der Waals surface area contributed by atoms with E-state index in [0.29, 0.717) is 19.3 Å². The van der Waals surface area contributed by atoms with E-state index in [-0.39, 0.29) is 49.2 Å². The highest BCUT2D eigenvalue weighted by molar-refractivity contribution is 5.82. The molecule has 11 unspecified atom stereocenters. The van der Waals surface area contributed by atoms with Crippen molar-refractivity contribution in [2.75, 3.05) is 34.9 Å². The van der Waals surface area contributed by atoms with E-state index < -0.39 is 97.3 Å². The fourth-order valence-electron chi connectivity index (χ4n) is 8.17. The number of likely N-dealkylation sites (N-methyl/N-ethyl adjacent to an activating group) is 1. The maximum absolute atomic E-state index is 13.6. The van der Waals surface area contributed by atoms with Crippen molar-refractivity contribution >= 4 is 18.0 Å². The molecule has 17 atom stereocenters. The summed E-state index contributed by atoms with van der Waals surface area (Å²) >= 11 is 0. The zero-order chi connectivity index (χ0) is 40.4. The molecule has 0 aliphatic carbocycles. The minimum absolute atomic E-state index is 0.0114. The van der Waals surface area contributed by atoms with Crippen LogP contribution in [0.4, 0.5) is 0 Å². The Balaban J connectivity index is 1.96. The molecule has 0 saturated carbocycles. The molecule has 4 N–H and O–H groups in total. The van der Waals surface area contributed by atoms with Crippen molar-refractivity contribution in [2.45, 2.75) is 154 Å². The second kappa shape index (κ2) is 21.5. The van der Waals surface area contributed by atoms with E-state index in [2.05, 4.69) is 0 Å². The second-order valence-corrected chi connectivity index (χ2v) is 15.8. The van der Waals surface area contributed by atoms with E-state index in [9.17, 15) is 34.8 Å². The number of hydrogen-bond donors (Lipinski definition) is 4. The molecule has 3 aliphatic heterocycles. The standard InChI is InChI=1S/C39H67NO14/c1-11-29-26(19-50-39-37(49-10)36(48-9)33(46)24(6)52-39)16-20(2)12-13-27(42)21(3)17-25(14-15-41)35(22(4)28(43)18-30(44)53-29)54-38-34(47)31(40(7)8)32(45)23(5)51-38/h15,18,20-26,29,31-39,43,45-47H,11-14,16-17,19H2,1-10H3/t20?,21-,22+,23?,24?,25+,26-,29-,31?,32?,33?,34?,35-,36?,37?,38?,39?/m1/s1. The monoisotopic (exact) mass is 773 g/mol. The summed E-state index contributed by atoms with van der Waals surface area (Å²) in [6, 6.07) is -0.740. The number of hydrogen-bond acceptors (Lipinski definition) is 15. The second-order valence-electron chi connectivity index (χ2n) is 15.8. The number of esters is 1. The minimum atomic E-state index is -1.30. The van der Waals surface area contributed by atoms with Gasteiger partial charge in [-0.2, -0.15) is 0 Å². The topological polar surface area (TPSA) is 200 Å². The normalized spacial score (nSPS) is 42.3. The number of carbonyl (C=O) groups excluding carboxylic acids is 3. The summed E-state index contributed by atoms with van der Waals surface area (Å²) in [5.74, 6) is -3.46. The van der Waals surface area contributed by atoms with E-state index in [4.69, 9.17) is 33.2 Å². The predicted molar refractivity (Wildman–Crippen MR) is 196 cm³/mol. The molecule has 15 heteroatoms. The Kier molecular flexibility index (Phi) is 18.4. The summed E-state index contributed by atoms with van der Waals surface area (Å²) in [5.41, 5.74) is 0. The maximum atomic E-state index is 13.6. The number of methoxy groups -OCH3 is 2. The number of aldehydes is 1. The van der Waals surface area contributed by atoms with Gasteiger partial charge in [-0.05, 0) is 65.5 Å². The van der Waals surface area contributed by atoms with Crippen molar-refractivity contribution in [1.29, 1.82) is 0 Å². The number of nitrogens with zero attached hydrogens (tertiary/aromatic N) is 1. The number of carbonyl (C=O) groups is 3. The van der Waals surface area contributed by atoms with E-state index in [1.165, 1.54) is 14.2 Å². The molecule has 0 amide bonds. The fourth-order valence-corrected chi connectivity index (χ4v) is 8.17. The molecule has 0 spiro atoms. The lowest BCUT2D eigenvalue weighted by atomic mass is 9.80. The quantitative estimate of drug-likeness (QED) is 0.176. The van der Waals surface area contributed by atoms with E-state index >= 15 is 0 Å². The Bertz CT molecular complexity index is 1220. The molecule has 0 radical (unpaired) electrons. The highest BCUT2D eigenvalue weighted by Crippen LogP contribution is 2.35. The zero-order valence-corrected chi connectivity index (χ0v) is 33.7. The lowest BCUT2D eigenvalue weighted by molar-refractivity contribution is -0.305.